The number of amides is 1. The van der Waals surface area contributed by atoms with Gasteiger partial charge in [0.2, 0.25) is 0 Å². The summed E-state index contributed by atoms with van der Waals surface area (Å²) < 4.78 is 40.6. The number of piperidine rings is 1. The van der Waals surface area contributed by atoms with Gasteiger partial charge in [-0.2, -0.15) is 18.3 Å². The molecule has 1 aliphatic carbocycles. The van der Waals surface area contributed by atoms with E-state index >= 15 is 0 Å². The third-order valence-electron chi connectivity index (χ3n) is 7.86. The van der Waals surface area contributed by atoms with Crippen LogP contribution >= 0.6 is 11.6 Å². The maximum Gasteiger partial charge on any atom is 0.416 e. The minimum atomic E-state index is -4.49. The maximum absolute atomic E-state index is 13.3. The molecule has 2 aromatic rings. The molecular formula is C25H32ClF3N6O. The van der Waals surface area contributed by atoms with Gasteiger partial charge in [-0.1, -0.05) is 11.6 Å². The lowest BCUT2D eigenvalue weighted by atomic mass is 9.76. The van der Waals surface area contributed by atoms with E-state index in [4.69, 9.17) is 11.6 Å². The first-order chi connectivity index (χ1) is 17.2. The van der Waals surface area contributed by atoms with Gasteiger partial charge in [0.1, 0.15) is 5.54 Å². The number of nitrogens with zero attached hydrogens (tertiary/aromatic N) is 4. The highest BCUT2D eigenvalue weighted by Crippen LogP contribution is 2.42. The molecule has 11 heteroatoms. The summed E-state index contributed by atoms with van der Waals surface area (Å²) in [6, 6.07) is 2.96. The summed E-state index contributed by atoms with van der Waals surface area (Å²) in [4.78, 5) is 18.2. The predicted molar refractivity (Wildman–Crippen MR) is 133 cm³/mol. The number of nitrogens with one attached hydrogen (secondary N) is 2. The average Bonchev–Trinajstić information content (AvgIpc) is 3.30. The van der Waals surface area contributed by atoms with E-state index in [2.05, 4.69) is 25.5 Å². The first kappa shape index (κ1) is 25.4. The Hall–Kier alpha value is -2.30. The molecule has 0 unspecified atom stereocenters. The SMILES string of the molecule is O=C(Nc1ccc(C(F)(F)F)cc1Cl)C1(n2cc(N3CCC(CN4CCNCC4)CC3)cn2)CCC1. The third kappa shape index (κ3) is 5.21. The van der Waals surface area contributed by atoms with Crippen LogP contribution in [0.4, 0.5) is 24.5 Å². The van der Waals surface area contributed by atoms with Crippen LogP contribution in [0.1, 0.15) is 37.7 Å². The molecule has 1 aromatic heterocycles. The maximum atomic E-state index is 13.3. The van der Waals surface area contributed by atoms with Gasteiger partial charge in [0.25, 0.3) is 5.91 Å². The largest absolute Gasteiger partial charge is 0.416 e. The van der Waals surface area contributed by atoms with E-state index in [0.29, 0.717) is 18.8 Å². The molecule has 3 aliphatic rings. The highest BCUT2D eigenvalue weighted by Gasteiger charge is 2.47. The van der Waals surface area contributed by atoms with Gasteiger partial charge in [-0.15, -0.1) is 0 Å². The summed E-state index contributed by atoms with van der Waals surface area (Å²) in [7, 11) is 0. The zero-order valence-electron chi connectivity index (χ0n) is 20.2. The number of benzene rings is 1. The summed E-state index contributed by atoms with van der Waals surface area (Å²) in [5, 5.41) is 10.5. The summed E-state index contributed by atoms with van der Waals surface area (Å²) in [5.41, 5.74) is -0.537. The van der Waals surface area contributed by atoms with Crippen molar-refractivity contribution in [3.8, 4) is 0 Å². The van der Waals surface area contributed by atoms with Crippen LogP contribution in [-0.4, -0.2) is 66.4 Å². The Kier molecular flexibility index (Phi) is 7.20. The molecular weight excluding hydrogens is 493 g/mol. The predicted octanol–water partition coefficient (Wildman–Crippen LogP) is 4.19. The number of carbonyl (C=O) groups excluding carboxylic acids is 1. The topological polar surface area (TPSA) is 65.4 Å². The van der Waals surface area contributed by atoms with E-state index in [9.17, 15) is 18.0 Å². The zero-order valence-corrected chi connectivity index (χ0v) is 20.9. The van der Waals surface area contributed by atoms with Gasteiger partial charge in [-0.3, -0.25) is 9.48 Å². The van der Waals surface area contributed by atoms with Crippen LogP contribution in [0.5, 0.6) is 0 Å². The van der Waals surface area contributed by atoms with Crippen molar-refractivity contribution in [3.05, 3.63) is 41.2 Å². The third-order valence-corrected chi connectivity index (χ3v) is 8.17. The standard InChI is InChI=1S/C25H32ClF3N6O/c26-21-14-19(25(27,28)29)2-3-22(21)32-23(36)24(6-1-7-24)35-17-20(15-31-35)34-10-4-18(5-11-34)16-33-12-8-30-9-13-33/h2-3,14-15,17-18,30H,1,4-13,16H2,(H,32,36). The fourth-order valence-electron chi connectivity index (χ4n) is 5.45. The summed E-state index contributed by atoms with van der Waals surface area (Å²) in [6.45, 7) is 7.46. The Labute approximate surface area is 213 Å². The molecule has 2 saturated heterocycles. The number of carbonyl (C=O) groups is 1. The fraction of sp³-hybridized carbons (Fsp3) is 0.600. The van der Waals surface area contributed by atoms with Crippen molar-refractivity contribution >= 4 is 28.9 Å². The van der Waals surface area contributed by atoms with Crippen LogP contribution < -0.4 is 15.5 Å². The number of rotatable bonds is 6. The van der Waals surface area contributed by atoms with Crippen LogP contribution in [0, 0.1) is 5.92 Å². The highest BCUT2D eigenvalue weighted by molar-refractivity contribution is 6.33. The molecule has 0 radical (unpaired) electrons. The van der Waals surface area contributed by atoms with E-state index in [1.165, 1.54) is 6.07 Å². The van der Waals surface area contributed by atoms with E-state index in [1.807, 2.05) is 12.4 Å². The molecule has 7 nitrogen and oxygen atoms in total. The van der Waals surface area contributed by atoms with Gasteiger partial charge in [0.05, 0.1) is 28.2 Å². The lowest BCUT2D eigenvalue weighted by Gasteiger charge is -2.40. The fourth-order valence-corrected chi connectivity index (χ4v) is 5.67. The van der Waals surface area contributed by atoms with Gasteiger partial charge < -0.3 is 20.4 Å². The number of alkyl halides is 3. The number of halogens is 4. The number of anilines is 2. The molecule has 1 aromatic carbocycles. The first-order valence-corrected chi connectivity index (χ1v) is 13.0. The second-order valence-corrected chi connectivity index (χ2v) is 10.6. The van der Waals surface area contributed by atoms with Crippen molar-refractivity contribution in [1.29, 1.82) is 0 Å². The van der Waals surface area contributed by atoms with Crippen molar-refractivity contribution in [3.63, 3.8) is 0 Å². The van der Waals surface area contributed by atoms with Crippen molar-refractivity contribution in [2.24, 2.45) is 5.92 Å². The van der Waals surface area contributed by atoms with E-state index < -0.39 is 17.3 Å². The van der Waals surface area contributed by atoms with Crippen LogP contribution in [0.25, 0.3) is 0 Å². The summed E-state index contributed by atoms with van der Waals surface area (Å²) >= 11 is 6.07. The van der Waals surface area contributed by atoms with E-state index in [1.54, 1.807) is 4.68 Å². The van der Waals surface area contributed by atoms with E-state index in [-0.39, 0.29) is 16.6 Å². The zero-order chi connectivity index (χ0) is 25.3. The molecule has 2 N–H and O–H groups in total. The molecule has 1 amide bonds. The molecule has 0 atom stereocenters. The monoisotopic (exact) mass is 524 g/mol. The Morgan fingerprint density at radius 1 is 1.17 bits per heavy atom. The van der Waals surface area contributed by atoms with Gasteiger partial charge in [0.15, 0.2) is 0 Å². The van der Waals surface area contributed by atoms with Gasteiger partial charge in [-0.25, -0.2) is 0 Å². The number of piperazine rings is 1. The smallest absolute Gasteiger partial charge is 0.369 e. The number of hydrogen-bond donors (Lipinski definition) is 2. The van der Waals surface area contributed by atoms with Crippen LogP contribution in [-0.2, 0) is 16.5 Å². The minimum absolute atomic E-state index is 0.141. The molecule has 1 saturated carbocycles. The van der Waals surface area contributed by atoms with Crippen molar-refractivity contribution in [2.45, 2.75) is 43.8 Å². The minimum Gasteiger partial charge on any atom is -0.369 e. The number of aromatic nitrogens is 2. The van der Waals surface area contributed by atoms with Crippen LogP contribution in [0.2, 0.25) is 5.02 Å². The second-order valence-electron chi connectivity index (χ2n) is 10.2. The lowest BCUT2D eigenvalue weighted by Crippen LogP contribution is -2.51. The molecule has 36 heavy (non-hydrogen) atoms. The Bertz CT molecular complexity index is 1070. The van der Waals surface area contributed by atoms with Crippen LogP contribution in [0.3, 0.4) is 0 Å². The molecule has 196 valence electrons. The van der Waals surface area contributed by atoms with Crippen molar-refractivity contribution in [2.75, 3.05) is 56.0 Å². The average molecular weight is 525 g/mol. The summed E-state index contributed by atoms with van der Waals surface area (Å²) in [6.07, 6.45) is 3.63. The normalized spacial score (nSPS) is 21.3. The highest BCUT2D eigenvalue weighted by atomic mass is 35.5. The van der Waals surface area contributed by atoms with Gasteiger partial charge in [0, 0.05) is 52.0 Å². The second kappa shape index (κ2) is 10.2. The van der Waals surface area contributed by atoms with Gasteiger partial charge >= 0.3 is 6.18 Å². The first-order valence-electron chi connectivity index (χ1n) is 12.7. The Balaban J connectivity index is 1.22. The van der Waals surface area contributed by atoms with Gasteiger partial charge in [-0.05, 0) is 56.2 Å². The van der Waals surface area contributed by atoms with Crippen LogP contribution in [0.15, 0.2) is 30.6 Å². The quantitative estimate of drug-likeness (QED) is 0.593. The Morgan fingerprint density at radius 2 is 1.89 bits per heavy atom. The number of hydrogen-bond acceptors (Lipinski definition) is 5. The molecule has 0 bridgehead atoms. The summed E-state index contributed by atoms with van der Waals surface area (Å²) in [5.74, 6) is 0.395. The van der Waals surface area contributed by atoms with Crippen molar-refractivity contribution < 1.29 is 18.0 Å². The molecule has 0 spiro atoms. The molecule has 5 rings (SSSR count). The molecule has 2 aliphatic heterocycles. The molecule has 3 heterocycles. The van der Waals surface area contributed by atoms with Crippen molar-refractivity contribution in [1.82, 2.24) is 20.0 Å². The van der Waals surface area contributed by atoms with E-state index in [0.717, 1.165) is 82.9 Å². The molecule has 3 fully saturated rings. The lowest BCUT2D eigenvalue weighted by molar-refractivity contribution is -0.137. The Morgan fingerprint density at radius 3 is 2.50 bits per heavy atom.